The smallest absolute Gasteiger partial charge is 0.328 e. The van der Waals surface area contributed by atoms with Gasteiger partial charge in [-0.2, -0.15) is 0 Å². The molecule has 0 radical (unpaired) electrons. The van der Waals surface area contributed by atoms with Crippen molar-refractivity contribution in [3.8, 4) is 0 Å². The van der Waals surface area contributed by atoms with Crippen molar-refractivity contribution in [2.75, 3.05) is 7.11 Å². The van der Waals surface area contributed by atoms with Crippen molar-refractivity contribution in [3.63, 3.8) is 0 Å². The van der Waals surface area contributed by atoms with E-state index in [1.165, 1.54) is 64.9 Å². The first-order chi connectivity index (χ1) is 16.5. The predicted octanol–water partition coefficient (Wildman–Crippen LogP) is 5.09. The normalized spacial score (nSPS) is 17.9. The lowest BCUT2D eigenvalue weighted by atomic mass is 9.97. The van der Waals surface area contributed by atoms with Crippen LogP contribution in [0.5, 0.6) is 0 Å². The summed E-state index contributed by atoms with van der Waals surface area (Å²) in [5, 5.41) is 6.03. The zero-order valence-corrected chi connectivity index (χ0v) is 21.2. The summed E-state index contributed by atoms with van der Waals surface area (Å²) in [7, 11) is 1.32. The van der Waals surface area contributed by atoms with Crippen LogP contribution in [0.2, 0.25) is 0 Å². The van der Waals surface area contributed by atoms with Crippen LogP contribution in [-0.2, 0) is 25.5 Å². The van der Waals surface area contributed by atoms with Crippen LogP contribution >= 0.6 is 0 Å². The van der Waals surface area contributed by atoms with Crippen molar-refractivity contribution in [2.45, 2.75) is 109 Å². The molecular formula is C28H44N2O4. The lowest BCUT2D eigenvalue weighted by molar-refractivity contribution is -0.145. The van der Waals surface area contributed by atoms with Crippen LogP contribution in [0.3, 0.4) is 0 Å². The van der Waals surface area contributed by atoms with E-state index in [0.717, 1.165) is 18.4 Å². The molecule has 0 aromatic heterocycles. The van der Waals surface area contributed by atoms with Gasteiger partial charge < -0.3 is 15.4 Å². The standard InChI is InChI=1S/C28H44N2O4/c1-22(19-26(31)29-24-17-13-8-6-4-3-5-7-9-14-18-24)20-27(32)30-25(28(33)34-2)21-23-15-11-10-12-16-23/h10-12,15-16,22,24-25H,3-9,13-14,17-21H2,1-2H3,(H,29,31)(H,30,32). The van der Waals surface area contributed by atoms with Gasteiger partial charge in [0, 0.05) is 25.3 Å². The van der Waals surface area contributed by atoms with Crippen molar-refractivity contribution in [1.82, 2.24) is 10.6 Å². The zero-order chi connectivity index (χ0) is 24.6. The minimum atomic E-state index is -0.739. The maximum atomic E-state index is 12.7. The fourth-order valence-corrected chi connectivity index (χ4v) is 4.74. The molecule has 0 heterocycles. The molecule has 2 N–H and O–H groups in total. The van der Waals surface area contributed by atoms with E-state index >= 15 is 0 Å². The van der Waals surface area contributed by atoms with Crippen LogP contribution in [0.1, 0.15) is 96.0 Å². The summed E-state index contributed by atoms with van der Waals surface area (Å²) in [5.41, 5.74) is 0.947. The highest BCUT2D eigenvalue weighted by Crippen LogP contribution is 2.18. The number of hydrogen-bond donors (Lipinski definition) is 2. The van der Waals surface area contributed by atoms with Crippen LogP contribution in [0, 0.1) is 5.92 Å². The average Bonchev–Trinajstić information content (AvgIpc) is 2.80. The van der Waals surface area contributed by atoms with Crippen LogP contribution in [0.4, 0.5) is 0 Å². The van der Waals surface area contributed by atoms with Crippen LogP contribution in [-0.4, -0.2) is 37.0 Å². The van der Waals surface area contributed by atoms with Gasteiger partial charge in [0.1, 0.15) is 6.04 Å². The third-order valence-corrected chi connectivity index (χ3v) is 6.64. The molecule has 1 aromatic rings. The molecule has 6 nitrogen and oxygen atoms in total. The van der Waals surface area contributed by atoms with E-state index in [9.17, 15) is 14.4 Å². The van der Waals surface area contributed by atoms with E-state index in [1.54, 1.807) is 0 Å². The molecule has 0 bridgehead atoms. The summed E-state index contributed by atoms with van der Waals surface area (Å²) in [6, 6.07) is 9.03. The second-order valence-electron chi connectivity index (χ2n) is 9.87. The van der Waals surface area contributed by atoms with Gasteiger partial charge in [0.2, 0.25) is 11.8 Å². The van der Waals surface area contributed by atoms with E-state index < -0.39 is 12.0 Å². The minimum absolute atomic E-state index is 0.0196. The van der Waals surface area contributed by atoms with Gasteiger partial charge in [-0.1, -0.05) is 95.0 Å². The monoisotopic (exact) mass is 472 g/mol. The number of benzene rings is 1. The minimum Gasteiger partial charge on any atom is -0.467 e. The molecule has 0 aliphatic heterocycles. The van der Waals surface area contributed by atoms with Crippen molar-refractivity contribution >= 4 is 17.8 Å². The van der Waals surface area contributed by atoms with Crippen LogP contribution in [0.15, 0.2) is 30.3 Å². The van der Waals surface area contributed by atoms with Crippen molar-refractivity contribution < 1.29 is 19.1 Å². The van der Waals surface area contributed by atoms with Crippen molar-refractivity contribution in [3.05, 3.63) is 35.9 Å². The molecule has 190 valence electrons. The fraction of sp³-hybridized carbons (Fsp3) is 0.679. The molecular weight excluding hydrogens is 428 g/mol. The first kappa shape index (κ1) is 27.9. The summed E-state index contributed by atoms with van der Waals surface area (Å²) >= 11 is 0. The first-order valence-electron chi connectivity index (χ1n) is 13.2. The maximum Gasteiger partial charge on any atom is 0.328 e. The Morgan fingerprint density at radius 1 is 0.853 bits per heavy atom. The molecule has 2 unspecified atom stereocenters. The van der Waals surface area contributed by atoms with E-state index in [4.69, 9.17) is 4.74 Å². The quantitative estimate of drug-likeness (QED) is 0.490. The SMILES string of the molecule is COC(=O)C(Cc1ccccc1)NC(=O)CC(C)CC(=O)NC1CCCCCCCCCCC1. The number of amides is 2. The molecule has 2 rings (SSSR count). The highest BCUT2D eigenvalue weighted by molar-refractivity contribution is 5.85. The molecule has 1 fully saturated rings. The van der Waals surface area contributed by atoms with Gasteiger partial charge in [0.05, 0.1) is 7.11 Å². The maximum absolute atomic E-state index is 12.7. The molecule has 1 saturated carbocycles. The second-order valence-corrected chi connectivity index (χ2v) is 9.87. The Morgan fingerprint density at radius 3 is 1.94 bits per heavy atom. The predicted molar refractivity (Wildman–Crippen MR) is 135 cm³/mol. The summed E-state index contributed by atoms with van der Waals surface area (Å²) in [5.74, 6) is -0.796. The number of carbonyl (C=O) groups excluding carboxylic acids is 3. The van der Waals surface area contributed by atoms with Gasteiger partial charge in [-0.05, 0) is 24.3 Å². The highest BCUT2D eigenvalue weighted by Gasteiger charge is 2.23. The molecule has 1 aromatic carbocycles. The lowest BCUT2D eigenvalue weighted by Crippen LogP contribution is -2.43. The van der Waals surface area contributed by atoms with Gasteiger partial charge >= 0.3 is 5.97 Å². The summed E-state index contributed by atoms with van der Waals surface area (Å²) in [4.78, 5) is 37.5. The van der Waals surface area contributed by atoms with Gasteiger partial charge in [0.25, 0.3) is 0 Å². The van der Waals surface area contributed by atoms with Gasteiger partial charge in [-0.15, -0.1) is 0 Å². The molecule has 34 heavy (non-hydrogen) atoms. The number of carbonyl (C=O) groups is 3. The molecule has 0 saturated heterocycles. The molecule has 6 heteroatoms. The van der Waals surface area contributed by atoms with E-state index in [-0.39, 0.29) is 30.2 Å². The topological polar surface area (TPSA) is 84.5 Å². The number of nitrogens with one attached hydrogen (secondary N) is 2. The molecule has 0 spiro atoms. The number of esters is 1. The Kier molecular flexibility index (Phi) is 13.4. The highest BCUT2D eigenvalue weighted by atomic mass is 16.5. The number of hydrogen-bond acceptors (Lipinski definition) is 4. The van der Waals surface area contributed by atoms with E-state index in [2.05, 4.69) is 10.6 Å². The second kappa shape index (κ2) is 16.3. The average molecular weight is 473 g/mol. The first-order valence-corrected chi connectivity index (χ1v) is 13.2. The number of ether oxygens (including phenoxy) is 1. The fourth-order valence-electron chi connectivity index (χ4n) is 4.74. The Labute approximate surface area is 205 Å². The van der Waals surface area contributed by atoms with Gasteiger partial charge in [-0.3, -0.25) is 9.59 Å². The third-order valence-electron chi connectivity index (χ3n) is 6.64. The third kappa shape index (κ3) is 11.7. The lowest BCUT2D eigenvalue weighted by Gasteiger charge is -2.21. The Morgan fingerprint density at radius 2 is 1.38 bits per heavy atom. The largest absolute Gasteiger partial charge is 0.467 e. The molecule has 1 aliphatic carbocycles. The molecule has 2 amide bonds. The summed E-state index contributed by atoms with van der Waals surface area (Å²) < 4.78 is 4.87. The molecule has 2 atom stereocenters. The zero-order valence-electron chi connectivity index (χ0n) is 21.2. The Bertz CT molecular complexity index is 725. The van der Waals surface area contributed by atoms with Crippen LogP contribution in [0.25, 0.3) is 0 Å². The van der Waals surface area contributed by atoms with E-state index in [0.29, 0.717) is 12.8 Å². The molecule has 1 aliphatic rings. The Hall–Kier alpha value is -2.37. The number of methoxy groups -OCH3 is 1. The van der Waals surface area contributed by atoms with Gasteiger partial charge in [0.15, 0.2) is 0 Å². The van der Waals surface area contributed by atoms with Crippen molar-refractivity contribution in [2.24, 2.45) is 5.92 Å². The van der Waals surface area contributed by atoms with E-state index in [1.807, 2.05) is 37.3 Å². The van der Waals surface area contributed by atoms with Crippen molar-refractivity contribution in [1.29, 1.82) is 0 Å². The Balaban J connectivity index is 1.79. The summed E-state index contributed by atoms with van der Waals surface area (Å²) in [6.07, 6.45) is 14.4. The summed E-state index contributed by atoms with van der Waals surface area (Å²) in [6.45, 7) is 1.91. The van der Waals surface area contributed by atoms with Crippen LogP contribution < -0.4 is 10.6 Å². The number of rotatable bonds is 9. The van der Waals surface area contributed by atoms with Gasteiger partial charge in [-0.25, -0.2) is 4.79 Å².